The van der Waals surface area contributed by atoms with Gasteiger partial charge in [-0.1, -0.05) is 154 Å². The second-order valence-electron chi connectivity index (χ2n) is 40.4. The SMILES string of the molecule is COc1ccc(C#N)cc1CCc1c(Cl)cccc1C1=N[C@H]2CCCC[C@@H]2N1.COc1ccc(C#N)cc1CCc1c(F)cccc1C1=N[C@H]2CCCC[C@@H]2N1.Clc1cccc(C2=N[C@H]3CCCC[C@@H]3N2)c1CCc1cc(Br)cc2ccsc12.Fc1cccc(C2=NCCN2CCCN2CCCC2)c1CCc1cc(Br)cc2ccsc12.N#Cc1cc(CCc2c(F)cccc2C2=NCCN2CCCN2CCCC2)c2sccc2c1. The van der Waals surface area contributed by atoms with Gasteiger partial charge in [-0.25, -0.2) is 13.2 Å². The van der Waals surface area contributed by atoms with E-state index >= 15 is 8.78 Å². The van der Waals surface area contributed by atoms with E-state index in [0.29, 0.717) is 90.6 Å². The number of hydrogen-bond acceptors (Lipinski definition) is 20. The molecule has 149 heavy (non-hydrogen) atoms. The summed E-state index contributed by atoms with van der Waals surface area (Å²) in [5.41, 5.74) is 17.1. The maximum absolute atomic E-state index is 15.1. The van der Waals surface area contributed by atoms with Gasteiger partial charge in [-0.05, 0) is 390 Å². The number of likely N-dealkylation sites (tertiary alicyclic amines) is 2. The van der Waals surface area contributed by atoms with E-state index in [1.165, 1.54) is 163 Å². The van der Waals surface area contributed by atoms with Gasteiger partial charge in [-0.3, -0.25) is 25.0 Å². The molecule has 23 rings (SSSR count). The number of fused-ring (bicyclic) bond motifs is 6. The lowest BCUT2D eigenvalue weighted by molar-refractivity contribution is 0.313. The van der Waals surface area contributed by atoms with Gasteiger partial charge in [0.05, 0.1) is 80.3 Å². The maximum atomic E-state index is 15.1. The number of methoxy groups -OCH3 is 2. The van der Waals surface area contributed by atoms with Crippen LogP contribution in [0.1, 0.15) is 216 Å². The summed E-state index contributed by atoms with van der Waals surface area (Å²) in [6.45, 7) is 12.6. The van der Waals surface area contributed by atoms with E-state index in [1.807, 2.05) is 90.2 Å². The lowest BCUT2D eigenvalue weighted by Gasteiger charge is -2.24. The maximum Gasteiger partial charge on any atom is 0.131 e. The van der Waals surface area contributed by atoms with Crippen LogP contribution in [-0.2, 0) is 64.2 Å². The molecule has 2 saturated heterocycles. The summed E-state index contributed by atoms with van der Waals surface area (Å²) in [7, 11) is 3.27. The van der Waals surface area contributed by atoms with Crippen molar-refractivity contribution in [3.63, 3.8) is 0 Å². The number of thiophene rings is 3. The topological polar surface area (TPSA) is 201 Å². The van der Waals surface area contributed by atoms with Crippen molar-refractivity contribution in [2.24, 2.45) is 25.0 Å². The van der Waals surface area contributed by atoms with Gasteiger partial charge in [0, 0.05) is 105 Å². The number of nitrogens with zero attached hydrogens (tertiary/aromatic N) is 12. The van der Waals surface area contributed by atoms with E-state index in [4.69, 9.17) is 62.9 Å². The lowest BCUT2D eigenvalue weighted by atomic mass is 9.92. The van der Waals surface area contributed by atoms with Crippen molar-refractivity contribution in [1.82, 2.24) is 35.6 Å². The normalized spacial score (nSPS) is 19.1. The van der Waals surface area contributed by atoms with E-state index in [0.717, 1.165) is 237 Å². The van der Waals surface area contributed by atoms with Crippen LogP contribution < -0.4 is 25.4 Å². The average molecular weight is 2220 g/mol. The summed E-state index contributed by atoms with van der Waals surface area (Å²) in [4.78, 5) is 34.3. The lowest BCUT2D eigenvalue weighted by Crippen LogP contribution is -2.37. The number of nitriles is 3. The van der Waals surface area contributed by atoms with Crippen LogP contribution >= 0.6 is 89.1 Å². The fourth-order valence-corrected chi connectivity index (χ4v) is 27.7. The second kappa shape index (κ2) is 51.2. The molecule has 6 atom stereocenters. The van der Waals surface area contributed by atoms with Crippen LogP contribution in [0.4, 0.5) is 13.2 Å². The minimum atomic E-state index is -0.215. The quantitative estimate of drug-likeness (QED) is 0.0385. The largest absolute Gasteiger partial charge is 0.496 e. The molecule has 3 aromatic heterocycles. The van der Waals surface area contributed by atoms with E-state index < -0.39 is 0 Å². The Hall–Kier alpha value is -11.3. The molecule has 3 saturated carbocycles. The predicted molar refractivity (Wildman–Crippen MR) is 614 cm³/mol. The zero-order chi connectivity index (χ0) is 103. The Bertz CT molecular complexity index is 7090. The third kappa shape index (κ3) is 26.0. The number of aliphatic imine (C=N–C) groups is 5. The number of aryl methyl sites for hydroxylation is 5. The van der Waals surface area contributed by atoms with Gasteiger partial charge in [0.1, 0.15) is 58.1 Å². The zero-order valence-electron chi connectivity index (χ0n) is 84.9. The van der Waals surface area contributed by atoms with Crippen molar-refractivity contribution in [2.45, 2.75) is 216 Å². The highest BCUT2D eigenvalue weighted by Crippen LogP contribution is 2.40. The number of ether oxygens (including phenoxy) is 2. The second-order valence-corrected chi connectivity index (χ2v) is 45.8. The van der Waals surface area contributed by atoms with E-state index in [1.54, 1.807) is 79.4 Å². The number of halogens is 7. The van der Waals surface area contributed by atoms with Crippen molar-refractivity contribution in [3.8, 4) is 29.7 Å². The number of rotatable bonds is 30. The van der Waals surface area contributed by atoms with Gasteiger partial charge in [-0.15, -0.1) is 34.0 Å². The molecule has 10 heterocycles. The molecular weight excluding hydrogens is 2090 g/mol. The molecule has 0 spiro atoms. The Morgan fingerprint density at radius 3 is 1.08 bits per heavy atom. The highest BCUT2D eigenvalue weighted by atomic mass is 79.9. The van der Waals surface area contributed by atoms with Crippen molar-refractivity contribution in [2.75, 3.05) is 92.8 Å². The Morgan fingerprint density at radius 2 is 0.698 bits per heavy atom. The number of nitrogens with one attached hydrogen (secondary N) is 3. The molecule has 3 N–H and O–H groups in total. The monoisotopic (exact) mass is 2220 g/mol. The number of benzene rings is 10. The molecule has 17 nitrogen and oxygen atoms in total. The minimum Gasteiger partial charge on any atom is -0.496 e. The fraction of sp³-hybridized carbons (Fsp3) is 0.393. The van der Waals surface area contributed by atoms with E-state index in [9.17, 15) is 14.9 Å². The molecule has 10 aromatic carbocycles. The van der Waals surface area contributed by atoms with Gasteiger partial charge in [0.15, 0.2) is 0 Å². The molecule has 0 amide bonds. The van der Waals surface area contributed by atoms with Crippen LogP contribution in [0.3, 0.4) is 0 Å². The molecule has 3 aliphatic carbocycles. The van der Waals surface area contributed by atoms with Gasteiger partial charge in [-0.2, -0.15) is 15.8 Å². The third-order valence-electron chi connectivity index (χ3n) is 30.9. The van der Waals surface area contributed by atoms with Crippen molar-refractivity contribution < 1.29 is 22.6 Å². The highest BCUT2D eigenvalue weighted by molar-refractivity contribution is 9.10. The highest BCUT2D eigenvalue weighted by Gasteiger charge is 2.37. The van der Waals surface area contributed by atoms with Gasteiger partial charge >= 0.3 is 0 Å². The third-order valence-corrected chi connectivity index (χ3v) is 35.6. The standard InChI is InChI=1S/C27H29FN4S.C26H29BrFN3S.C23H22BrClN2S.C23H24ClN3O.C23H24FN3O/c28-25-6-3-5-24(27-30-10-15-32(27)14-4-13-31-11-1-2-12-31)23(25)8-7-21-17-20(19-29)18-22-9-16-33-26(21)22;27-21-17-19(25-20(18-21)9-16-32-25)7-8-22-23(5-3-6-24(22)28)26-29-10-15-31(26)14-4-13-30-11-1-2-12-30;24-16-12-14(22-15(13-16)10-11-28-22)8-9-17-18(4-3-5-19(17)25)23-26-20-6-1-2-7-21(20)27-23;2*1-28-22-12-9-15(14-25)13-16(22)10-11-17-18(5-4-6-19(17)24)23-26-20-7-2-3-8-21(20)27-23/h3,5-6,9,16-18H,1-2,4,7-8,10-15H2;3,5-6,9,16-18H,1-2,4,7-8,10-15H2;3-5,10-13,20-21H,1-2,6-9H2,(H,26,27);2*4-6,9,12-13,20-21H,2-3,7-8,10-11H2,1H3,(H,26,27)/t;;3*20-,21-/m..000/s1. The molecule has 27 heteroatoms. The first-order valence-electron chi connectivity index (χ1n) is 53.3. The molecular formula is C122H128Br2Cl2F3N15O2S3. The first-order chi connectivity index (χ1) is 73.0. The minimum absolute atomic E-state index is 0.119. The molecule has 0 radical (unpaired) electrons. The first kappa shape index (κ1) is 106. The van der Waals surface area contributed by atoms with Crippen molar-refractivity contribution in [3.05, 3.63) is 335 Å². The summed E-state index contributed by atoms with van der Waals surface area (Å²) < 4.78 is 61.8. The smallest absolute Gasteiger partial charge is 0.131 e. The van der Waals surface area contributed by atoms with Crippen molar-refractivity contribution in [1.29, 1.82) is 15.8 Å². The first-order valence-corrected chi connectivity index (χ1v) is 58.3. The summed E-state index contributed by atoms with van der Waals surface area (Å²) in [6.07, 6.45) is 29.4. The molecule has 5 fully saturated rings. The van der Waals surface area contributed by atoms with Crippen LogP contribution in [0.2, 0.25) is 10.0 Å². The summed E-state index contributed by atoms with van der Waals surface area (Å²) in [5, 5.41) is 50.2. The molecule has 770 valence electrons. The van der Waals surface area contributed by atoms with Gasteiger partial charge < -0.3 is 45.0 Å². The van der Waals surface area contributed by atoms with E-state index in [-0.39, 0.29) is 17.5 Å². The molecule has 0 unspecified atom stereocenters. The van der Waals surface area contributed by atoms with Crippen LogP contribution in [-0.4, -0.2) is 178 Å². The van der Waals surface area contributed by atoms with Crippen LogP contribution in [0.25, 0.3) is 30.3 Å². The molecule has 10 aliphatic rings. The summed E-state index contributed by atoms with van der Waals surface area (Å²) in [5.74, 6) is 5.79. The molecule has 0 bridgehead atoms. The van der Waals surface area contributed by atoms with Crippen molar-refractivity contribution >= 4 is 149 Å². The van der Waals surface area contributed by atoms with Gasteiger partial charge in [0.25, 0.3) is 0 Å². The molecule has 13 aromatic rings. The summed E-state index contributed by atoms with van der Waals surface area (Å²) >= 11 is 25.8. The van der Waals surface area contributed by atoms with Gasteiger partial charge in [0.2, 0.25) is 0 Å². The van der Waals surface area contributed by atoms with Crippen LogP contribution in [0.15, 0.2) is 232 Å². The Labute approximate surface area is 913 Å². The number of amidine groups is 5. The van der Waals surface area contributed by atoms with Crippen LogP contribution in [0.5, 0.6) is 11.5 Å². The van der Waals surface area contributed by atoms with Crippen LogP contribution in [0, 0.1) is 51.4 Å². The summed E-state index contributed by atoms with van der Waals surface area (Å²) in [6, 6.07) is 67.3. The molecule has 7 aliphatic heterocycles. The number of hydrogen-bond donors (Lipinski definition) is 3. The van der Waals surface area contributed by atoms with E-state index in [2.05, 4.69) is 156 Å². The Balaban J connectivity index is 0.000000117. The fourth-order valence-electron chi connectivity index (χ4n) is 23.3. The average Bonchev–Trinajstić information content (AvgIpc) is 1.71. The Morgan fingerprint density at radius 1 is 0.362 bits per heavy atom. The Kier molecular flexibility index (Phi) is 36.5. The predicted octanol–water partition coefficient (Wildman–Crippen LogP) is 27.0. The zero-order valence-corrected chi connectivity index (χ0v) is 92.0.